The molecule has 0 aliphatic heterocycles. The lowest BCUT2D eigenvalue weighted by Crippen LogP contribution is -2.34. The van der Waals surface area contributed by atoms with E-state index in [-0.39, 0.29) is 0 Å². The maximum atomic E-state index is 3.05. The first kappa shape index (κ1) is 10.5. The Labute approximate surface area is 79.7 Å². The van der Waals surface area contributed by atoms with Crippen LogP contribution in [-0.4, -0.2) is 5.16 Å². The summed E-state index contributed by atoms with van der Waals surface area (Å²) in [6.07, 6.45) is 4.25. The van der Waals surface area contributed by atoms with Crippen molar-refractivity contribution in [1.82, 2.24) is 0 Å². The monoisotopic (exact) mass is 186 g/mol. The van der Waals surface area contributed by atoms with Gasteiger partial charge < -0.3 is 0 Å². The average molecular weight is 186 g/mol. The highest BCUT2D eigenvalue weighted by Gasteiger charge is 2.34. The maximum Gasteiger partial charge on any atom is -0.0153 e. The van der Waals surface area contributed by atoms with Crippen molar-refractivity contribution < 1.29 is 0 Å². The zero-order valence-corrected chi connectivity index (χ0v) is 10.1. The van der Waals surface area contributed by atoms with Gasteiger partial charge in [-0.25, -0.2) is 0 Å². The number of rotatable bonds is 1. The lowest BCUT2D eigenvalue weighted by molar-refractivity contribution is 0.191. The predicted octanol–water partition coefficient (Wildman–Crippen LogP) is 3.71. The molecule has 1 rings (SSSR count). The molecular formula is C11H23P. The molecule has 0 saturated heterocycles. The van der Waals surface area contributed by atoms with Crippen LogP contribution in [0, 0.1) is 17.8 Å². The molecule has 0 N–H and O–H groups in total. The van der Waals surface area contributed by atoms with Crippen molar-refractivity contribution in [1.29, 1.82) is 0 Å². The van der Waals surface area contributed by atoms with E-state index in [1.54, 1.807) is 0 Å². The molecule has 0 bridgehead atoms. The molecule has 0 heterocycles. The van der Waals surface area contributed by atoms with Gasteiger partial charge in [0.05, 0.1) is 0 Å². The first-order valence-corrected chi connectivity index (χ1v) is 5.80. The molecule has 0 aromatic heterocycles. The zero-order chi connectivity index (χ0) is 9.35. The van der Waals surface area contributed by atoms with Crippen LogP contribution in [0.3, 0.4) is 0 Å². The first-order valence-electron chi connectivity index (χ1n) is 5.22. The Morgan fingerprint density at radius 3 is 2.42 bits per heavy atom. The maximum absolute atomic E-state index is 3.05. The van der Waals surface area contributed by atoms with Crippen molar-refractivity contribution in [2.24, 2.45) is 17.8 Å². The van der Waals surface area contributed by atoms with Crippen LogP contribution < -0.4 is 0 Å². The van der Waals surface area contributed by atoms with E-state index in [1.165, 1.54) is 19.3 Å². The summed E-state index contributed by atoms with van der Waals surface area (Å²) in [5, 5.41) is 0.519. The van der Waals surface area contributed by atoms with E-state index >= 15 is 0 Å². The van der Waals surface area contributed by atoms with E-state index in [0.717, 1.165) is 17.8 Å². The second kappa shape index (κ2) is 3.66. The molecule has 0 spiro atoms. The minimum Gasteiger partial charge on any atom is -0.131 e. The van der Waals surface area contributed by atoms with Gasteiger partial charge >= 0.3 is 0 Å². The van der Waals surface area contributed by atoms with Crippen molar-refractivity contribution in [3.05, 3.63) is 0 Å². The number of hydrogen-bond donors (Lipinski definition) is 0. The molecule has 1 aliphatic rings. The standard InChI is InChI=1S/C11H23P/c1-8(2)10-5-6-11(4,12)9(3)7-10/h8-10H,5-7,12H2,1-4H3. The third kappa shape index (κ3) is 2.22. The summed E-state index contributed by atoms with van der Waals surface area (Å²) in [7, 11) is 3.05. The molecule has 0 aromatic rings. The Balaban J connectivity index is 2.52. The Hall–Kier alpha value is 0.430. The summed E-state index contributed by atoms with van der Waals surface area (Å²) in [5.41, 5.74) is 0. The summed E-state index contributed by atoms with van der Waals surface area (Å²) in [6, 6.07) is 0. The highest BCUT2D eigenvalue weighted by atomic mass is 31.0. The van der Waals surface area contributed by atoms with E-state index in [2.05, 4.69) is 36.9 Å². The Morgan fingerprint density at radius 2 is 2.00 bits per heavy atom. The second-order valence-electron chi connectivity index (χ2n) is 5.19. The van der Waals surface area contributed by atoms with Crippen LogP contribution in [0.2, 0.25) is 0 Å². The fraction of sp³-hybridized carbons (Fsp3) is 1.00. The Bertz CT molecular complexity index is 149. The van der Waals surface area contributed by atoms with Gasteiger partial charge in [-0.3, -0.25) is 0 Å². The van der Waals surface area contributed by atoms with Crippen molar-refractivity contribution in [3.63, 3.8) is 0 Å². The van der Waals surface area contributed by atoms with Gasteiger partial charge in [0, 0.05) is 0 Å². The molecule has 72 valence electrons. The molecule has 1 saturated carbocycles. The van der Waals surface area contributed by atoms with Crippen LogP contribution in [0.5, 0.6) is 0 Å². The summed E-state index contributed by atoms with van der Waals surface area (Å²) < 4.78 is 0. The van der Waals surface area contributed by atoms with Gasteiger partial charge in [0.15, 0.2) is 0 Å². The smallest absolute Gasteiger partial charge is 0.0153 e. The van der Waals surface area contributed by atoms with Crippen molar-refractivity contribution in [2.45, 2.75) is 52.1 Å². The first-order chi connectivity index (χ1) is 5.43. The van der Waals surface area contributed by atoms with Gasteiger partial charge in [-0.05, 0) is 42.2 Å². The molecule has 0 amide bonds. The van der Waals surface area contributed by atoms with Crippen LogP contribution in [-0.2, 0) is 0 Å². The molecule has 0 aromatic carbocycles. The molecule has 12 heavy (non-hydrogen) atoms. The summed E-state index contributed by atoms with van der Waals surface area (Å²) in [6.45, 7) is 9.52. The lowest BCUT2D eigenvalue weighted by atomic mass is 9.71. The summed E-state index contributed by atoms with van der Waals surface area (Å²) >= 11 is 0. The normalized spacial score (nSPS) is 43.5. The van der Waals surface area contributed by atoms with E-state index in [4.69, 9.17) is 0 Å². The molecule has 1 fully saturated rings. The minimum absolute atomic E-state index is 0.519. The Kier molecular flexibility index (Phi) is 3.21. The highest BCUT2D eigenvalue weighted by molar-refractivity contribution is 7.18. The van der Waals surface area contributed by atoms with Crippen molar-refractivity contribution in [3.8, 4) is 0 Å². The topological polar surface area (TPSA) is 0 Å². The third-order valence-electron chi connectivity index (χ3n) is 3.78. The van der Waals surface area contributed by atoms with Crippen LogP contribution in [0.15, 0.2) is 0 Å². The average Bonchev–Trinajstić information content (AvgIpc) is 1.94. The van der Waals surface area contributed by atoms with Crippen LogP contribution in [0.25, 0.3) is 0 Å². The molecule has 1 aliphatic carbocycles. The van der Waals surface area contributed by atoms with E-state index in [9.17, 15) is 0 Å². The van der Waals surface area contributed by atoms with Crippen molar-refractivity contribution >= 4 is 9.24 Å². The predicted molar refractivity (Wildman–Crippen MR) is 59.5 cm³/mol. The van der Waals surface area contributed by atoms with Gasteiger partial charge in [-0.2, -0.15) is 0 Å². The summed E-state index contributed by atoms with van der Waals surface area (Å²) in [5.74, 6) is 2.74. The van der Waals surface area contributed by atoms with Crippen LogP contribution >= 0.6 is 9.24 Å². The molecular weight excluding hydrogens is 163 g/mol. The van der Waals surface area contributed by atoms with Gasteiger partial charge in [-0.15, -0.1) is 9.24 Å². The highest BCUT2D eigenvalue weighted by Crippen LogP contribution is 2.44. The molecule has 4 atom stereocenters. The Morgan fingerprint density at radius 1 is 1.42 bits per heavy atom. The fourth-order valence-corrected chi connectivity index (χ4v) is 2.49. The largest absolute Gasteiger partial charge is 0.131 e. The molecule has 0 nitrogen and oxygen atoms in total. The SMILES string of the molecule is CC(C)C1CCC(C)(P)C(C)C1. The second-order valence-corrected chi connectivity index (χ2v) is 6.50. The van der Waals surface area contributed by atoms with Gasteiger partial charge in [0.2, 0.25) is 0 Å². The van der Waals surface area contributed by atoms with Crippen LogP contribution in [0.4, 0.5) is 0 Å². The fourth-order valence-electron chi connectivity index (χ4n) is 2.19. The number of hydrogen-bond acceptors (Lipinski definition) is 0. The molecule has 4 unspecified atom stereocenters. The van der Waals surface area contributed by atoms with E-state index in [0.29, 0.717) is 5.16 Å². The molecule has 0 radical (unpaired) electrons. The van der Waals surface area contributed by atoms with Gasteiger partial charge in [0.25, 0.3) is 0 Å². The van der Waals surface area contributed by atoms with Gasteiger partial charge in [0.1, 0.15) is 0 Å². The lowest BCUT2D eigenvalue weighted by Gasteiger charge is -2.41. The minimum atomic E-state index is 0.519. The summed E-state index contributed by atoms with van der Waals surface area (Å²) in [4.78, 5) is 0. The van der Waals surface area contributed by atoms with E-state index < -0.39 is 0 Å². The third-order valence-corrected chi connectivity index (χ3v) is 4.64. The van der Waals surface area contributed by atoms with Crippen LogP contribution in [0.1, 0.15) is 47.0 Å². The van der Waals surface area contributed by atoms with Crippen molar-refractivity contribution in [2.75, 3.05) is 0 Å². The van der Waals surface area contributed by atoms with Gasteiger partial charge in [-0.1, -0.05) is 27.7 Å². The quantitative estimate of drug-likeness (QED) is 0.548. The van der Waals surface area contributed by atoms with E-state index in [1.807, 2.05) is 0 Å². The zero-order valence-electron chi connectivity index (χ0n) is 8.93. The molecule has 1 heteroatoms.